The van der Waals surface area contributed by atoms with Crippen LogP contribution in [0.4, 0.5) is 11.5 Å². The minimum absolute atomic E-state index is 0.904. The predicted octanol–water partition coefficient (Wildman–Crippen LogP) is 2.79. The standard InChI is InChI=1S/C13H11N3/c1-2-5-10(6-3-1)16-13-11-7-4-8-12(11)14-9-15-13/h1-6,8-9H,7H2,(H,14,15,16). The van der Waals surface area contributed by atoms with Gasteiger partial charge in [0.25, 0.3) is 0 Å². The molecule has 0 fully saturated rings. The van der Waals surface area contributed by atoms with E-state index in [4.69, 9.17) is 0 Å². The molecule has 1 aromatic heterocycles. The van der Waals surface area contributed by atoms with E-state index in [1.165, 1.54) is 5.56 Å². The van der Waals surface area contributed by atoms with Crippen molar-refractivity contribution in [3.8, 4) is 0 Å². The Morgan fingerprint density at radius 1 is 1.06 bits per heavy atom. The smallest absolute Gasteiger partial charge is 0.137 e. The molecule has 1 aliphatic rings. The third-order valence-electron chi connectivity index (χ3n) is 2.61. The van der Waals surface area contributed by atoms with Crippen LogP contribution in [-0.4, -0.2) is 9.97 Å². The molecule has 1 N–H and O–H groups in total. The van der Waals surface area contributed by atoms with Gasteiger partial charge >= 0.3 is 0 Å². The van der Waals surface area contributed by atoms with Crippen molar-refractivity contribution in [3.05, 3.63) is 54.0 Å². The Balaban J connectivity index is 1.95. The van der Waals surface area contributed by atoms with Gasteiger partial charge in [-0.3, -0.25) is 0 Å². The molecule has 1 aliphatic carbocycles. The van der Waals surface area contributed by atoms with Crippen LogP contribution in [0.1, 0.15) is 11.3 Å². The maximum atomic E-state index is 4.28. The van der Waals surface area contributed by atoms with Gasteiger partial charge in [-0.2, -0.15) is 0 Å². The highest BCUT2D eigenvalue weighted by atomic mass is 15.0. The second-order valence-corrected chi connectivity index (χ2v) is 3.68. The van der Waals surface area contributed by atoms with Crippen LogP contribution in [0, 0.1) is 0 Å². The van der Waals surface area contributed by atoms with Gasteiger partial charge in [0.1, 0.15) is 12.1 Å². The van der Waals surface area contributed by atoms with Crippen molar-refractivity contribution >= 4 is 17.6 Å². The second-order valence-electron chi connectivity index (χ2n) is 3.68. The normalized spacial score (nSPS) is 12.5. The highest BCUT2D eigenvalue weighted by molar-refractivity contribution is 5.67. The zero-order chi connectivity index (χ0) is 10.8. The Morgan fingerprint density at radius 3 is 2.81 bits per heavy atom. The van der Waals surface area contributed by atoms with E-state index in [0.717, 1.165) is 23.6 Å². The summed E-state index contributed by atoms with van der Waals surface area (Å²) in [7, 11) is 0. The quantitative estimate of drug-likeness (QED) is 0.826. The minimum Gasteiger partial charge on any atom is -0.340 e. The van der Waals surface area contributed by atoms with E-state index in [1.807, 2.05) is 36.4 Å². The summed E-state index contributed by atoms with van der Waals surface area (Å²) in [5.74, 6) is 0.904. The van der Waals surface area contributed by atoms with Crippen LogP contribution >= 0.6 is 0 Å². The number of aromatic nitrogens is 2. The van der Waals surface area contributed by atoms with E-state index >= 15 is 0 Å². The van der Waals surface area contributed by atoms with Crippen molar-refractivity contribution in [3.63, 3.8) is 0 Å². The number of allylic oxidation sites excluding steroid dienone is 1. The molecule has 0 spiro atoms. The second kappa shape index (κ2) is 3.77. The Morgan fingerprint density at radius 2 is 1.94 bits per heavy atom. The van der Waals surface area contributed by atoms with E-state index in [-0.39, 0.29) is 0 Å². The number of nitrogens with one attached hydrogen (secondary N) is 1. The van der Waals surface area contributed by atoms with Crippen LogP contribution < -0.4 is 5.32 Å². The lowest BCUT2D eigenvalue weighted by atomic mass is 10.2. The largest absolute Gasteiger partial charge is 0.340 e. The summed E-state index contributed by atoms with van der Waals surface area (Å²) in [6, 6.07) is 10.1. The lowest BCUT2D eigenvalue weighted by Crippen LogP contribution is -2.00. The van der Waals surface area contributed by atoms with E-state index in [0.29, 0.717) is 0 Å². The number of hydrogen-bond acceptors (Lipinski definition) is 3. The molecule has 0 unspecified atom stereocenters. The summed E-state index contributed by atoms with van der Waals surface area (Å²) in [5.41, 5.74) is 3.25. The fourth-order valence-corrected chi connectivity index (χ4v) is 1.83. The van der Waals surface area contributed by atoms with Gasteiger partial charge in [-0.05, 0) is 24.6 Å². The van der Waals surface area contributed by atoms with Crippen molar-refractivity contribution in [1.29, 1.82) is 0 Å². The van der Waals surface area contributed by atoms with E-state index < -0.39 is 0 Å². The molecule has 0 atom stereocenters. The SMILES string of the molecule is C1=Cc2ncnc(Nc3ccccc3)c2C1. The number of fused-ring (bicyclic) bond motifs is 1. The number of rotatable bonds is 2. The third kappa shape index (κ3) is 1.56. The highest BCUT2D eigenvalue weighted by Gasteiger charge is 2.12. The molecule has 1 heterocycles. The van der Waals surface area contributed by atoms with Gasteiger partial charge in [0.2, 0.25) is 0 Å². The maximum Gasteiger partial charge on any atom is 0.137 e. The molecule has 3 rings (SSSR count). The average molecular weight is 209 g/mol. The number of hydrogen-bond donors (Lipinski definition) is 1. The third-order valence-corrected chi connectivity index (χ3v) is 2.61. The van der Waals surface area contributed by atoms with Crippen LogP contribution in [0.2, 0.25) is 0 Å². The van der Waals surface area contributed by atoms with Gasteiger partial charge in [-0.25, -0.2) is 9.97 Å². The van der Waals surface area contributed by atoms with Crippen LogP contribution in [0.3, 0.4) is 0 Å². The Hall–Kier alpha value is -2.16. The molecule has 0 saturated carbocycles. The fraction of sp³-hybridized carbons (Fsp3) is 0.0769. The van der Waals surface area contributed by atoms with Gasteiger partial charge in [-0.1, -0.05) is 24.3 Å². The first-order valence-corrected chi connectivity index (χ1v) is 5.26. The molecule has 3 nitrogen and oxygen atoms in total. The first kappa shape index (κ1) is 9.09. The number of anilines is 2. The van der Waals surface area contributed by atoms with Crippen molar-refractivity contribution < 1.29 is 0 Å². The number of benzene rings is 1. The Kier molecular flexibility index (Phi) is 2.14. The predicted molar refractivity (Wildman–Crippen MR) is 64.5 cm³/mol. The van der Waals surface area contributed by atoms with Gasteiger partial charge in [0.15, 0.2) is 0 Å². The molecule has 0 saturated heterocycles. The van der Waals surface area contributed by atoms with E-state index in [9.17, 15) is 0 Å². The number of para-hydroxylation sites is 1. The van der Waals surface area contributed by atoms with Crippen LogP contribution in [0.5, 0.6) is 0 Å². The summed E-state index contributed by atoms with van der Waals surface area (Å²) in [4.78, 5) is 8.51. The molecule has 78 valence electrons. The zero-order valence-electron chi connectivity index (χ0n) is 8.72. The van der Waals surface area contributed by atoms with Crippen LogP contribution in [-0.2, 0) is 6.42 Å². The molecule has 16 heavy (non-hydrogen) atoms. The first-order valence-electron chi connectivity index (χ1n) is 5.26. The summed E-state index contributed by atoms with van der Waals surface area (Å²) in [6.45, 7) is 0. The summed E-state index contributed by atoms with van der Waals surface area (Å²) < 4.78 is 0. The van der Waals surface area contributed by atoms with Gasteiger partial charge in [0.05, 0.1) is 5.69 Å². The van der Waals surface area contributed by atoms with E-state index in [1.54, 1.807) is 6.33 Å². The maximum absolute atomic E-state index is 4.28. The number of nitrogens with zero attached hydrogens (tertiary/aromatic N) is 2. The van der Waals surface area contributed by atoms with Crippen LogP contribution in [0.25, 0.3) is 6.08 Å². The lowest BCUT2D eigenvalue weighted by molar-refractivity contribution is 1.10. The average Bonchev–Trinajstić information content (AvgIpc) is 2.80. The van der Waals surface area contributed by atoms with E-state index in [2.05, 4.69) is 21.4 Å². The fourth-order valence-electron chi connectivity index (χ4n) is 1.83. The zero-order valence-corrected chi connectivity index (χ0v) is 8.72. The Labute approximate surface area is 93.9 Å². The summed E-state index contributed by atoms with van der Waals surface area (Å²) in [6.07, 6.45) is 6.65. The van der Waals surface area contributed by atoms with Gasteiger partial charge in [-0.15, -0.1) is 0 Å². The summed E-state index contributed by atoms with van der Waals surface area (Å²) in [5, 5.41) is 3.31. The monoisotopic (exact) mass is 209 g/mol. The molecule has 0 amide bonds. The molecular formula is C13H11N3. The van der Waals surface area contributed by atoms with Crippen molar-refractivity contribution in [2.24, 2.45) is 0 Å². The topological polar surface area (TPSA) is 37.8 Å². The van der Waals surface area contributed by atoms with Crippen LogP contribution in [0.15, 0.2) is 42.7 Å². The van der Waals surface area contributed by atoms with Crippen molar-refractivity contribution in [2.45, 2.75) is 6.42 Å². The molecule has 0 aliphatic heterocycles. The molecule has 2 aromatic rings. The van der Waals surface area contributed by atoms with Crippen molar-refractivity contribution in [2.75, 3.05) is 5.32 Å². The molecule has 0 bridgehead atoms. The minimum atomic E-state index is 0.904. The Bertz CT molecular complexity index is 532. The van der Waals surface area contributed by atoms with Gasteiger partial charge in [0, 0.05) is 11.3 Å². The molecule has 3 heteroatoms. The highest BCUT2D eigenvalue weighted by Crippen LogP contribution is 2.25. The lowest BCUT2D eigenvalue weighted by Gasteiger charge is -2.08. The summed E-state index contributed by atoms with van der Waals surface area (Å²) >= 11 is 0. The molecular weight excluding hydrogens is 198 g/mol. The molecule has 0 radical (unpaired) electrons. The first-order chi connectivity index (χ1) is 7.93. The van der Waals surface area contributed by atoms with Crippen molar-refractivity contribution in [1.82, 2.24) is 9.97 Å². The van der Waals surface area contributed by atoms with Gasteiger partial charge < -0.3 is 5.32 Å². The molecule has 1 aromatic carbocycles.